The SMILES string of the molecule is CC#CCCNc1ncnc(Cl)c1N. The van der Waals surface area contributed by atoms with Gasteiger partial charge < -0.3 is 11.1 Å². The topological polar surface area (TPSA) is 63.8 Å². The van der Waals surface area contributed by atoms with Crippen LogP contribution >= 0.6 is 11.6 Å². The maximum Gasteiger partial charge on any atom is 0.157 e. The van der Waals surface area contributed by atoms with Gasteiger partial charge in [-0.2, -0.15) is 0 Å². The number of nitrogen functional groups attached to an aromatic ring is 1. The molecule has 0 aliphatic heterocycles. The van der Waals surface area contributed by atoms with Gasteiger partial charge in [-0.15, -0.1) is 11.8 Å². The zero-order chi connectivity index (χ0) is 10.4. The molecule has 0 saturated carbocycles. The van der Waals surface area contributed by atoms with E-state index in [9.17, 15) is 0 Å². The molecule has 0 aromatic carbocycles. The number of nitrogens with two attached hydrogens (primary N) is 1. The standard InChI is InChI=1S/C9H11ClN4/c1-2-3-4-5-12-9-7(11)8(10)13-6-14-9/h6H,4-5,11H2,1H3,(H,12,13,14). The highest BCUT2D eigenvalue weighted by Crippen LogP contribution is 2.21. The van der Waals surface area contributed by atoms with E-state index in [1.54, 1.807) is 6.92 Å². The zero-order valence-corrected chi connectivity index (χ0v) is 8.60. The molecule has 0 aliphatic carbocycles. The summed E-state index contributed by atoms with van der Waals surface area (Å²) in [5, 5.41) is 3.29. The van der Waals surface area contributed by atoms with Crippen molar-refractivity contribution in [3.8, 4) is 11.8 Å². The molecule has 74 valence electrons. The Balaban J connectivity index is 2.57. The van der Waals surface area contributed by atoms with Gasteiger partial charge in [0.25, 0.3) is 0 Å². The van der Waals surface area contributed by atoms with E-state index in [4.69, 9.17) is 17.3 Å². The molecule has 4 nitrogen and oxygen atoms in total. The van der Waals surface area contributed by atoms with Gasteiger partial charge in [0.1, 0.15) is 12.0 Å². The van der Waals surface area contributed by atoms with Crippen molar-refractivity contribution in [3.63, 3.8) is 0 Å². The lowest BCUT2D eigenvalue weighted by molar-refractivity contribution is 1.06. The van der Waals surface area contributed by atoms with Crippen molar-refractivity contribution in [1.29, 1.82) is 0 Å². The molecule has 0 radical (unpaired) electrons. The second-order valence-electron chi connectivity index (χ2n) is 2.53. The number of hydrogen-bond donors (Lipinski definition) is 2. The van der Waals surface area contributed by atoms with Crippen LogP contribution in [0.1, 0.15) is 13.3 Å². The molecule has 3 N–H and O–H groups in total. The van der Waals surface area contributed by atoms with Crippen LogP contribution in [-0.2, 0) is 0 Å². The minimum absolute atomic E-state index is 0.268. The van der Waals surface area contributed by atoms with E-state index < -0.39 is 0 Å². The Morgan fingerprint density at radius 1 is 1.57 bits per heavy atom. The number of nitrogens with zero attached hydrogens (tertiary/aromatic N) is 2. The molecule has 0 unspecified atom stereocenters. The maximum atomic E-state index is 5.71. The van der Waals surface area contributed by atoms with Gasteiger partial charge in [0, 0.05) is 13.0 Å². The van der Waals surface area contributed by atoms with Crippen molar-refractivity contribution < 1.29 is 0 Å². The van der Waals surface area contributed by atoms with E-state index >= 15 is 0 Å². The van der Waals surface area contributed by atoms with Crippen LogP contribution in [0.15, 0.2) is 6.33 Å². The molecule has 1 aromatic rings. The first-order valence-electron chi connectivity index (χ1n) is 4.15. The van der Waals surface area contributed by atoms with E-state index in [2.05, 4.69) is 27.1 Å². The number of rotatable bonds is 3. The average Bonchev–Trinajstić information content (AvgIpc) is 2.19. The second-order valence-corrected chi connectivity index (χ2v) is 2.89. The summed E-state index contributed by atoms with van der Waals surface area (Å²) in [6, 6.07) is 0. The molecule has 0 spiro atoms. The van der Waals surface area contributed by atoms with Crippen LogP contribution < -0.4 is 11.1 Å². The molecule has 0 fully saturated rings. The minimum Gasteiger partial charge on any atom is -0.393 e. The normalized spacial score (nSPS) is 9.00. The Hall–Kier alpha value is -1.47. The molecule has 0 saturated heterocycles. The number of anilines is 2. The van der Waals surface area contributed by atoms with Gasteiger partial charge in [0.2, 0.25) is 0 Å². The Morgan fingerprint density at radius 3 is 3.07 bits per heavy atom. The molecule has 1 rings (SSSR count). The molecule has 14 heavy (non-hydrogen) atoms. The highest BCUT2D eigenvalue weighted by Gasteiger charge is 2.03. The predicted octanol–water partition coefficient (Wildman–Crippen LogP) is 1.54. The molecule has 0 bridgehead atoms. The van der Waals surface area contributed by atoms with Crippen LogP contribution in [0.4, 0.5) is 11.5 Å². The summed E-state index contributed by atoms with van der Waals surface area (Å²) < 4.78 is 0. The van der Waals surface area contributed by atoms with Crippen molar-refractivity contribution >= 4 is 23.1 Å². The Kier molecular flexibility index (Phi) is 4.02. The zero-order valence-electron chi connectivity index (χ0n) is 7.84. The van der Waals surface area contributed by atoms with Gasteiger partial charge >= 0.3 is 0 Å². The van der Waals surface area contributed by atoms with E-state index in [1.165, 1.54) is 6.33 Å². The lowest BCUT2D eigenvalue weighted by Crippen LogP contribution is -2.06. The van der Waals surface area contributed by atoms with Crippen molar-refractivity contribution in [2.45, 2.75) is 13.3 Å². The fraction of sp³-hybridized carbons (Fsp3) is 0.333. The van der Waals surface area contributed by atoms with Gasteiger partial charge in [-0.3, -0.25) is 0 Å². The number of aromatic nitrogens is 2. The summed E-state index contributed by atoms with van der Waals surface area (Å²) in [6.07, 6.45) is 2.12. The quantitative estimate of drug-likeness (QED) is 0.451. The van der Waals surface area contributed by atoms with Crippen molar-refractivity contribution in [2.24, 2.45) is 0 Å². The molecule has 1 aromatic heterocycles. The Bertz CT molecular complexity index is 367. The summed E-state index contributed by atoms with van der Waals surface area (Å²) in [4.78, 5) is 7.70. The van der Waals surface area contributed by atoms with Gasteiger partial charge in [-0.25, -0.2) is 9.97 Å². The third-order valence-electron chi connectivity index (χ3n) is 1.55. The third kappa shape index (κ3) is 2.79. The first kappa shape index (κ1) is 10.6. The van der Waals surface area contributed by atoms with Crippen molar-refractivity contribution in [1.82, 2.24) is 9.97 Å². The van der Waals surface area contributed by atoms with Crippen LogP contribution in [-0.4, -0.2) is 16.5 Å². The highest BCUT2D eigenvalue weighted by molar-refractivity contribution is 6.32. The van der Waals surface area contributed by atoms with Crippen LogP contribution in [0.3, 0.4) is 0 Å². The number of nitrogens with one attached hydrogen (secondary N) is 1. The minimum atomic E-state index is 0.268. The molecule has 5 heteroatoms. The van der Waals surface area contributed by atoms with E-state index in [0.29, 0.717) is 18.1 Å². The van der Waals surface area contributed by atoms with Crippen LogP contribution in [0.2, 0.25) is 5.15 Å². The van der Waals surface area contributed by atoms with Gasteiger partial charge in [0.15, 0.2) is 11.0 Å². The summed E-state index contributed by atoms with van der Waals surface area (Å²) in [5.74, 6) is 6.28. The highest BCUT2D eigenvalue weighted by atomic mass is 35.5. The molecule has 1 heterocycles. The summed E-state index contributed by atoms with van der Waals surface area (Å²) in [5.41, 5.74) is 6.02. The van der Waals surface area contributed by atoms with Gasteiger partial charge in [-0.05, 0) is 6.92 Å². The maximum absolute atomic E-state index is 5.71. The summed E-state index contributed by atoms with van der Waals surface area (Å²) in [7, 11) is 0. The summed E-state index contributed by atoms with van der Waals surface area (Å²) >= 11 is 5.71. The first-order chi connectivity index (χ1) is 6.75. The first-order valence-corrected chi connectivity index (χ1v) is 4.53. The number of halogens is 1. The van der Waals surface area contributed by atoms with Crippen LogP contribution in [0, 0.1) is 11.8 Å². The molecule has 0 aliphatic rings. The second kappa shape index (κ2) is 5.30. The van der Waals surface area contributed by atoms with E-state index in [-0.39, 0.29) is 5.15 Å². The van der Waals surface area contributed by atoms with Crippen molar-refractivity contribution in [3.05, 3.63) is 11.5 Å². The fourth-order valence-corrected chi connectivity index (χ4v) is 1.02. The molecular weight excluding hydrogens is 200 g/mol. The van der Waals surface area contributed by atoms with Crippen molar-refractivity contribution in [2.75, 3.05) is 17.6 Å². The predicted molar refractivity (Wildman–Crippen MR) is 58.0 cm³/mol. The average molecular weight is 211 g/mol. The molecule has 0 atom stereocenters. The monoisotopic (exact) mass is 210 g/mol. The number of hydrogen-bond acceptors (Lipinski definition) is 4. The smallest absolute Gasteiger partial charge is 0.157 e. The van der Waals surface area contributed by atoms with Crippen LogP contribution in [0.5, 0.6) is 0 Å². The Labute approximate surface area is 87.9 Å². The fourth-order valence-electron chi connectivity index (χ4n) is 0.883. The van der Waals surface area contributed by atoms with Crippen LogP contribution in [0.25, 0.3) is 0 Å². The Morgan fingerprint density at radius 2 is 2.36 bits per heavy atom. The lowest BCUT2D eigenvalue weighted by Gasteiger charge is -2.06. The summed E-state index contributed by atoms with van der Waals surface area (Å²) in [6.45, 7) is 2.49. The van der Waals surface area contributed by atoms with Gasteiger partial charge in [0.05, 0.1) is 0 Å². The van der Waals surface area contributed by atoms with Gasteiger partial charge in [-0.1, -0.05) is 11.6 Å². The molecule has 0 amide bonds. The largest absolute Gasteiger partial charge is 0.393 e. The third-order valence-corrected chi connectivity index (χ3v) is 1.86. The lowest BCUT2D eigenvalue weighted by atomic mass is 10.4. The van der Waals surface area contributed by atoms with E-state index in [0.717, 1.165) is 6.42 Å². The van der Waals surface area contributed by atoms with E-state index in [1.807, 2.05) is 0 Å². The molecular formula is C9H11ClN4.